The lowest BCUT2D eigenvalue weighted by atomic mass is 10.0. The van der Waals surface area contributed by atoms with Gasteiger partial charge in [0.05, 0.1) is 10.5 Å². The molecule has 0 aliphatic carbocycles. The van der Waals surface area contributed by atoms with Crippen LogP contribution in [0.15, 0.2) is 42.6 Å². The Morgan fingerprint density at radius 2 is 1.81 bits per heavy atom. The van der Waals surface area contributed by atoms with Crippen LogP contribution in [0.3, 0.4) is 0 Å². The molecule has 16 heavy (non-hydrogen) atoms. The molecule has 0 saturated heterocycles. The average molecular weight is 228 g/mol. The summed E-state index contributed by atoms with van der Waals surface area (Å²) in [5.41, 5.74) is 2.19. The number of rotatable bonds is 0. The van der Waals surface area contributed by atoms with Gasteiger partial charge in [-0.3, -0.25) is 4.98 Å². The first-order chi connectivity index (χ1) is 7.77. The molecule has 2 heteroatoms. The molecule has 0 unspecified atom stereocenters. The van der Waals surface area contributed by atoms with Crippen molar-refractivity contribution in [3.05, 3.63) is 53.2 Å². The van der Waals surface area contributed by atoms with Crippen LogP contribution in [0.2, 0.25) is 5.02 Å². The number of aromatic nitrogens is 1. The lowest BCUT2D eigenvalue weighted by Gasteiger charge is -2.07. The second kappa shape index (κ2) is 3.46. The molecule has 3 rings (SSSR count). The van der Waals surface area contributed by atoms with E-state index >= 15 is 0 Å². The first-order valence-electron chi connectivity index (χ1n) is 5.20. The number of hydrogen-bond donors (Lipinski definition) is 0. The van der Waals surface area contributed by atoms with E-state index < -0.39 is 0 Å². The van der Waals surface area contributed by atoms with Crippen molar-refractivity contribution in [3.63, 3.8) is 0 Å². The molecule has 0 radical (unpaired) electrons. The van der Waals surface area contributed by atoms with Crippen LogP contribution in [0.1, 0.15) is 5.56 Å². The summed E-state index contributed by atoms with van der Waals surface area (Å²) in [4.78, 5) is 4.43. The van der Waals surface area contributed by atoms with Gasteiger partial charge in [-0.05, 0) is 30.0 Å². The topological polar surface area (TPSA) is 12.9 Å². The van der Waals surface area contributed by atoms with Gasteiger partial charge in [-0.25, -0.2) is 0 Å². The van der Waals surface area contributed by atoms with E-state index in [0.29, 0.717) is 0 Å². The number of halogens is 1. The third-order valence-electron chi connectivity index (χ3n) is 2.89. The number of aryl methyl sites for hydroxylation is 1. The summed E-state index contributed by atoms with van der Waals surface area (Å²) in [5, 5.41) is 4.17. The molecule has 78 valence electrons. The van der Waals surface area contributed by atoms with Crippen LogP contribution in [-0.2, 0) is 0 Å². The van der Waals surface area contributed by atoms with Gasteiger partial charge in [-0.2, -0.15) is 0 Å². The summed E-state index contributed by atoms with van der Waals surface area (Å²) in [6.07, 6.45) is 1.90. The van der Waals surface area contributed by atoms with E-state index in [0.717, 1.165) is 21.3 Å². The molecule has 0 amide bonds. The summed E-state index contributed by atoms with van der Waals surface area (Å²) < 4.78 is 0. The molecule has 1 nitrogen and oxygen atoms in total. The normalized spacial score (nSPS) is 11.1. The molecule has 1 aromatic heterocycles. The van der Waals surface area contributed by atoms with Crippen LogP contribution in [-0.4, -0.2) is 4.98 Å². The first-order valence-corrected chi connectivity index (χ1v) is 5.58. The fourth-order valence-electron chi connectivity index (χ4n) is 2.15. The fraction of sp³-hybridized carbons (Fsp3) is 0.0714. The van der Waals surface area contributed by atoms with Crippen molar-refractivity contribution in [1.29, 1.82) is 0 Å². The largest absolute Gasteiger partial charge is 0.256 e. The van der Waals surface area contributed by atoms with E-state index in [-0.39, 0.29) is 0 Å². The second-order valence-corrected chi connectivity index (χ2v) is 4.34. The minimum absolute atomic E-state index is 0.768. The highest BCUT2D eigenvalue weighted by Crippen LogP contribution is 2.31. The molecule has 1 heterocycles. The predicted octanol–water partition coefficient (Wildman–Crippen LogP) is 4.35. The predicted molar refractivity (Wildman–Crippen MR) is 69.0 cm³/mol. The summed E-state index contributed by atoms with van der Waals surface area (Å²) in [6, 6.07) is 12.1. The quantitative estimate of drug-likeness (QED) is 0.521. The van der Waals surface area contributed by atoms with Gasteiger partial charge in [0.2, 0.25) is 0 Å². The van der Waals surface area contributed by atoms with Crippen LogP contribution in [0.4, 0.5) is 0 Å². The zero-order chi connectivity index (χ0) is 11.1. The van der Waals surface area contributed by atoms with Crippen LogP contribution in [0.5, 0.6) is 0 Å². The van der Waals surface area contributed by atoms with Gasteiger partial charge in [-0.15, -0.1) is 0 Å². The van der Waals surface area contributed by atoms with Crippen molar-refractivity contribution in [2.75, 3.05) is 0 Å². The highest BCUT2D eigenvalue weighted by molar-refractivity contribution is 6.37. The van der Waals surface area contributed by atoms with Crippen molar-refractivity contribution < 1.29 is 0 Å². The standard InChI is InChI=1S/C14H10ClN/c1-9-4-2-5-10-8-16-12-7-3-6-11(15)14(12)13(9)10/h2-8H,1H3. The Kier molecular flexibility index (Phi) is 2.08. The lowest BCUT2D eigenvalue weighted by Crippen LogP contribution is -1.85. The SMILES string of the molecule is Cc1cccc2cnc3cccc(Cl)c3c12. The maximum Gasteiger partial charge on any atom is 0.0723 e. The highest BCUT2D eigenvalue weighted by Gasteiger charge is 2.06. The zero-order valence-corrected chi connectivity index (χ0v) is 9.62. The van der Waals surface area contributed by atoms with E-state index in [1.807, 2.05) is 30.5 Å². The van der Waals surface area contributed by atoms with Crippen LogP contribution in [0, 0.1) is 6.92 Å². The van der Waals surface area contributed by atoms with Gasteiger partial charge >= 0.3 is 0 Å². The summed E-state index contributed by atoms with van der Waals surface area (Å²) in [7, 11) is 0. The molecule has 0 fully saturated rings. The Bertz CT molecular complexity index is 628. The molecule has 0 saturated carbocycles. The van der Waals surface area contributed by atoms with Crippen molar-refractivity contribution in [2.45, 2.75) is 6.92 Å². The monoisotopic (exact) mass is 227 g/mol. The van der Waals surface area contributed by atoms with E-state index in [2.05, 4.69) is 24.0 Å². The van der Waals surface area contributed by atoms with Gasteiger partial charge in [0.1, 0.15) is 0 Å². The van der Waals surface area contributed by atoms with Gasteiger partial charge in [-0.1, -0.05) is 35.9 Å². The van der Waals surface area contributed by atoms with Crippen molar-refractivity contribution in [3.8, 4) is 0 Å². The third-order valence-corrected chi connectivity index (χ3v) is 3.20. The zero-order valence-electron chi connectivity index (χ0n) is 8.87. The first kappa shape index (κ1) is 9.61. The Morgan fingerprint density at radius 1 is 1.00 bits per heavy atom. The van der Waals surface area contributed by atoms with Crippen molar-refractivity contribution >= 4 is 33.3 Å². The van der Waals surface area contributed by atoms with Crippen LogP contribution in [0.25, 0.3) is 21.7 Å². The Balaban J connectivity index is 2.67. The van der Waals surface area contributed by atoms with Gasteiger partial charge < -0.3 is 0 Å². The van der Waals surface area contributed by atoms with E-state index in [1.165, 1.54) is 10.9 Å². The van der Waals surface area contributed by atoms with Gasteiger partial charge in [0, 0.05) is 17.0 Å². The number of pyridine rings is 1. The number of hydrogen-bond acceptors (Lipinski definition) is 1. The van der Waals surface area contributed by atoms with E-state index in [1.54, 1.807) is 0 Å². The molecular formula is C14H10ClN. The van der Waals surface area contributed by atoms with Gasteiger partial charge in [0.15, 0.2) is 0 Å². The summed E-state index contributed by atoms with van der Waals surface area (Å²) >= 11 is 6.27. The molecule has 0 aliphatic heterocycles. The minimum Gasteiger partial charge on any atom is -0.256 e. The molecule has 0 bridgehead atoms. The second-order valence-electron chi connectivity index (χ2n) is 3.93. The molecule has 0 aliphatic rings. The number of fused-ring (bicyclic) bond motifs is 3. The third kappa shape index (κ3) is 1.29. The fourth-order valence-corrected chi connectivity index (χ4v) is 2.41. The van der Waals surface area contributed by atoms with Crippen molar-refractivity contribution in [1.82, 2.24) is 4.98 Å². The molecule has 0 N–H and O–H groups in total. The van der Waals surface area contributed by atoms with Gasteiger partial charge in [0.25, 0.3) is 0 Å². The van der Waals surface area contributed by atoms with E-state index in [4.69, 9.17) is 11.6 Å². The molecule has 2 aromatic carbocycles. The van der Waals surface area contributed by atoms with E-state index in [9.17, 15) is 0 Å². The molecule has 0 spiro atoms. The van der Waals surface area contributed by atoms with Crippen LogP contribution < -0.4 is 0 Å². The minimum atomic E-state index is 0.768. The highest BCUT2D eigenvalue weighted by atomic mass is 35.5. The Morgan fingerprint density at radius 3 is 2.69 bits per heavy atom. The molecular weight excluding hydrogens is 218 g/mol. The number of nitrogens with zero attached hydrogens (tertiary/aromatic N) is 1. The van der Waals surface area contributed by atoms with Crippen LogP contribution >= 0.6 is 11.6 Å². The lowest BCUT2D eigenvalue weighted by molar-refractivity contribution is 1.43. The maximum absolute atomic E-state index is 6.27. The summed E-state index contributed by atoms with van der Waals surface area (Å²) in [6.45, 7) is 2.10. The maximum atomic E-state index is 6.27. The molecule has 3 aromatic rings. The summed E-state index contributed by atoms with van der Waals surface area (Å²) in [5.74, 6) is 0. The average Bonchev–Trinajstić information content (AvgIpc) is 2.29. The number of benzene rings is 2. The van der Waals surface area contributed by atoms with Crippen molar-refractivity contribution in [2.24, 2.45) is 0 Å². The Labute approximate surface area is 98.7 Å². The molecule has 0 atom stereocenters. The smallest absolute Gasteiger partial charge is 0.0723 e. The Hall–Kier alpha value is -1.60.